The fraction of sp³-hybridized carbons (Fsp3) is 0.556. The van der Waals surface area contributed by atoms with E-state index in [2.05, 4.69) is 10.5 Å². The van der Waals surface area contributed by atoms with E-state index in [9.17, 15) is 4.79 Å². The van der Waals surface area contributed by atoms with E-state index < -0.39 is 6.09 Å². The molecule has 1 amide bonds. The van der Waals surface area contributed by atoms with E-state index in [1.165, 1.54) is 12.8 Å². The highest BCUT2D eigenvalue weighted by molar-refractivity contribution is 6.25. The molecule has 0 spiro atoms. The summed E-state index contributed by atoms with van der Waals surface area (Å²) in [6.07, 6.45) is 5.01. The van der Waals surface area contributed by atoms with Crippen LogP contribution in [0.2, 0.25) is 0 Å². The van der Waals surface area contributed by atoms with Gasteiger partial charge in [0.1, 0.15) is 6.61 Å². The predicted octanol–water partition coefficient (Wildman–Crippen LogP) is 4.09. The number of amides is 1. The van der Waals surface area contributed by atoms with Crippen molar-refractivity contribution in [2.45, 2.75) is 43.6 Å². The Labute approximate surface area is 141 Å². The van der Waals surface area contributed by atoms with Crippen molar-refractivity contribution >= 4 is 23.4 Å². The van der Waals surface area contributed by atoms with Gasteiger partial charge >= 0.3 is 6.09 Å². The molecule has 1 N–H and O–H groups in total. The summed E-state index contributed by atoms with van der Waals surface area (Å²) in [5.74, 6) is 1.62. The molecule has 0 aromatic heterocycles. The number of hydrazone groups is 1. The van der Waals surface area contributed by atoms with Crippen LogP contribution in [0.4, 0.5) is 4.79 Å². The van der Waals surface area contributed by atoms with Crippen LogP contribution in [-0.2, 0) is 11.3 Å². The zero-order valence-electron chi connectivity index (χ0n) is 13.0. The number of ether oxygens (including phenoxy) is 1. The third-order valence-corrected chi connectivity index (χ3v) is 5.90. The van der Waals surface area contributed by atoms with Crippen molar-refractivity contribution in [3.63, 3.8) is 0 Å². The maximum absolute atomic E-state index is 11.8. The monoisotopic (exact) mass is 332 g/mol. The lowest BCUT2D eigenvalue weighted by molar-refractivity contribution is 0.124. The first-order chi connectivity index (χ1) is 11.1. The molecule has 0 heterocycles. The molecule has 4 aliphatic rings. The van der Waals surface area contributed by atoms with Crippen molar-refractivity contribution < 1.29 is 9.53 Å². The molecule has 2 unspecified atom stereocenters. The molecule has 4 fully saturated rings. The number of hydrogen-bond donors (Lipinski definition) is 1. The number of nitrogens with one attached hydrogen (secondary N) is 1. The maximum atomic E-state index is 11.8. The van der Waals surface area contributed by atoms with E-state index in [4.69, 9.17) is 16.3 Å². The molecule has 122 valence electrons. The predicted molar refractivity (Wildman–Crippen MR) is 89.3 cm³/mol. The molecule has 1 aromatic carbocycles. The van der Waals surface area contributed by atoms with Gasteiger partial charge in [-0.1, -0.05) is 30.3 Å². The summed E-state index contributed by atoms with van der Waals surface area (Å²) in [6, 6.07) is 9.64. The minimum absolute atomic E-state index is 0.0106. The summed E-state index contributed by atoms with van der Waals surface area (Å²) in [5, 5.41) is 4.40. The Morgan fingerprint density at radius 1 is 1.22 bits per heavy atom. The Hall–Kier alpha value is -1.55. The zero-order chi connectivity index (χ0) is 15.9. The van der Waals surface area contributed by atoms with Crippen molar-refractivity contribution in [2.75, 3.05) is 0 Å². The summed E-state index contributed by atoms with van der Waals surface area (Å²) < 4.78 is 5.21. The van der Waals surface area contributed by atoms with Gasteiger partial charge < -0.3 is 4.74 Å². The van der Waals surface area contributed by atoms with E-state index in [0.717, 1.165) is 36.5 Å². The first-order valence-electron chi connectivity index (χ1n) is 8.34. The third kappa shape index (κ3) is 3.09. The van der Waals surface area contributed by atoms with Crippen molar-refractivity contribution in [1.82, 2.24) is 5.43 Å². The van der Waals surface area contributed by atoms with Gasteiger partial charge in [-0.3, -0.25) is 0 Å². The van der Waals surface area contributed by atoms with E-state index in [1.54, 1.807) is 0 Å². The Morgan fingerprint density at radius 2 is 1.91 bits per heavy atom. The molecule has 4 bridgehead atoms. The number of carbonyl (C=O) groups is 1. The van der Waals surface area contributed by atoms with Crippen LogP contribution in [0.3, 0.4) is 0 Å². The average Bonchev–Trinajstić information content (AvgIpc) is 2.51. The van der Waals surface area contributed by atoms with Crippen molar-refractivity contribution in [2.24, 2.45) is 22.9 Å². The highest BCUT2D eigenvalue weighted by Crippen LogP contribution is 2.57. The first-order valence-corrected chi connectivity index (χ1v) is 8.72. The number of nitrogens with zero attached hydrogens (tertiary/aromatic N) is 1. The van der Waals surface area contributed by atoms with Crippen molar-refractivity contribution in [1.29, 1.82) is 0 Å². The fourth-order valence-electron chi connectivity index (χ4n) is 4.72. The van der Waals surface area contributed by atoms with Gasteiger partial charge in [0, 0.05) is 22.4 Å². The Bertz CT molecular complexity index is 613. The minimum atomic E-state index is -0.490. The average molecular weight is 333 g/mol. The number of benzene rings is 1. The van der Waals surface area contributed by atoms with Crippen molar-refractivity contribution in [3.05, 3.63) is 35.9 Å². The van der Waals surface area contributed by atoms with Gasteiger partial charge in [-0.15, -0.1) is 11.6 Å². The van der Waals surface area contributed by atoms with Crippen molar-refractivity contribution in [3.8, 4) is 0 Å². The van der Waals surface area contributed by atoms with E-state index >= 15 is 0 Å². The quantitative estimate of drug-likeness (QED) is 0.669. The van der Waals surface area contributed by atoms with Gasteiger partial charge in [0.2, 0.25) is 0 Å². The van der Waals surface area contributed by atoms with Gasteiger partial charge in [0.05, 0.1) is 0 Å². The Kier molecular flexibility index (Phi) is 3.80. The van der Waals surface area contributed by atoms with Crippen LogP contribution >= 0.6 is 11.6 Å². The normalized spacial score (nSPS) is 34.3. The molecule has 4 aliphatic carbocycles. The number of rotatable bonds is 3. The van der Waals surface area contributed by atoms with Gasteiger partial charge in [0.25, 0.3) is 0 Å². The second-order valence-electron chi connectivity index (χ2n) is 7.20. The summed E-state index contributed by atoms with van der Waals surface area (Å²) >= 11 is 6.71. The topological polar surface area (TPSA) is 50.7 Å². The van der Waals surface area contributed by atoms with Crippen LogP contribution < -0.4 is 5.43 Å². The maximum Gasteiger partial charge on any atom is 0.428 e. The third-order valence-electron chi connectivity index (χ3n) is 5.44. The first kappa shape index (κ1) is 15.0. The standard InChI is InChI=1S/C18H21ClN2O2/c19-18-8-13-6-14(9-18)16(15(7-13)10-18)20-21-17(22)23-11-12-4-2-1-3-5-12/h1-5,13-15H,6-11H2,(H,21,22). The van der Waals surface area contributed by atoms with E-state index in [-0.39, 0.29) is 11.5 Å². The lowest BCUT2D eigenvalue weighted by Gasteiger charge is -2.54. The molecule has 4 saturated carbocycles. The highest BCUT2D eigenvalue weighted by atomic mass is 35.5. The van der Waals surface area contributed by atoms with Gasteiger partial charge in [-0.25, -0.2) is 10.2 Å². The number of halogens is 1. The second kappa shape index (κ2) is 5.82. The van der Waals surface area contributed by atoms with Gasteiger partial charge in [-0.05, 0) is 43.6 Å². The second-order valence-corrected chi connectivity index (χ2v) is 8.01. The van der Waals surface area contributed by atoms with Crippen LogP contribution in [0.25, 0.3) is 0 Å². The molecular weight excluding hydrogens is 312 g/mol. The molecule has 23 heavy (non-hydrogen) atoms. The molecule has 2 atom stereocenters. The fourth-order valence-corrected chi connectivity index (χ4v) is 5.31. The lowest BCUT2D eigenvalue weighted by atomic mass is 9.55. The number of carbonyl (C=O) groups excluding carboxylic acids is 1. The summed E-state index contributed by atoms with van der Waals surface area (Å²) in [7, 11) is 0. The van der Waals surface area contributed by atoms with Gasteiger partial charge in [0.15, 0.2) is 0 Å². The lowest BCUT2D eigenvalue weighted by Crippen LogP contribution is -2.53. The van der Waals surface area contributed by atoms with Crippen LogP contribution in [0.15, 0.2) is 35.4 Å². The number of hydrogen-bond acceptors (Lipinski definition) is 3. The molecule has 0 saturated heterocycles. The van der Waals surface area contributed by atoms with Gasteiger partial charge in [-0.2, -0.15) is 5.10 Å². The van der Waals surface area contributed by atoms with Crippen LogP contribution in [-0.4, -0.2) is 16.7 Å². The van der Waals surface area contributed by atoms with E-state index in [1.807, 2.05) is 30.3 Å². The molecule has 0 aliphatic heterocycles. The molecule has 1 aromatic rings. The molecule has 4 nitrogen and oxygen atoms in total. The summed E-state index contributed by atoms with van der Waals surface area (Å²) in [4.78, 5) is 11.8. The molecule has 5 rings (SSSR count). The van der Waals surface area contributed by atoms with Crippen LogP contribution in [0.5, 0.6) is 0 Å². The van der Waals surface area contributed by atoms with Crippen LogP contribution in [0, 0.1) is 17.8 Å². The molecule has 0 radical (unpaired) electrons. The SMILES string of the molecule is O=C(NN=C1C2CC3CC1CC(Cl)(C3)C2)OCc1ccccc1. The highest BCUT2D eigenvalue weighted by Gasteiger charge is 2.53. The van der Waals surface area contributed by atoms with Crippen LogP contribution in [0.1, 0.15) is 37.7 Å². The van der Waals surface area contributed by atoms with E-state index in [0.29, 0.717) is 11.8 Å². The molecular formula is C18H21ClN2O2. The summed E-state index contributed by atoms with van der Waals surface area (Å²) in [6.45, 7) is 0.261. The smallest absolute Gasteiger partial charge is 0.428 e. The Morgan fingerprint density at radius 3 is 2.57 bits per heavy atom. The number of alkyl halides is 1. The molecule has 5 heteroatoms. The zero-order valence-corrected chi connectivity index (χ0v) is 13.8. The summed E-state index contributed by atoms with van der Waals surface area (Å²) in [5.41, 5.74) is 4.68. The minimum Gasteiger partial charge on any atom is -0.443 e. The Balaban J connectivity index is 1.35. The largest absolute Gasteiger partial charge is 0.443 e.